The third kappa shape index (κ3) is 4.70. The molecule has 1 atom stereocenters. The minimum absolute atomic E-state index is 0.359. The zero-order chi connectivity index (χ0) is 15.2. The number of piperazine rings is 1. The maximum atomic E-state index is 10.2. The third-order valence-corrected chi connectivity index (χ3v) is 4.37. The van der Waals surface area contributed by atoms with Gasteiger partial charge in [0.05, 0.1) is 0 Å². The van der Waals surface area contributed by atoms with Crippen LogP contribution >= 0.6 is 0 Å². The average Bonchev–Trinajstić information content (AvgIpc) is 2.49. The van der Waals surface area contributed by atoms with Gasteiger partial charge in [-0.1, -0.05) is 19.1 Å². The number of rotatable bonds is 6. The molecule has 0 saturated carbocycles. The van der Waals surface area contributed by atoms with E-state index in [0.717, 1.165) is 44.0 Å². The molecular weight excluding hydrogens is 264 g/mol. The van der Waals surface area contributed by atoms with Gasteiger partial charge in [0, 0.05) is 32.7 Å². The Morgan fingerprint density at radius 2 is 1.81 bits per heavy atom. The van der Waals surface area contributed by atoms with Crippen molar-refractivity contribution in [3.05, 3.63) is 29.3 Å². The van der Waals surface area contributed by atoms with E-state index in [1.807, 2.05) is 12.1 Å². The quantitative estimate of drug-likeness (QED) is 0.865. The van der Waals surface area contributed by atoms with Gasteiger partial charge in [-0.3, -0.25) is 4.90 Å². The summed E-state index contributed by atoms with van der Waals surface area (Å²) in [5, 5.41) is 10.2. The first-order chi connectivity index (χ1) is 10.1. The topological polar surface area (TPSA) is 35.9 Å². The van der Waals surface area contributed by atoms with Crippen molar-refractivity contribution in [3.8, 4) is 5.75 Å². The SMILES string of the molecule is CCN1CCN(CC(O)COc2cccc(C)c2C)CC1. The number of nitrogens with zero attached hydrogens (tertiary/aromatic N) is 2. The van der Waals surface area contributed by atoms with Gasteiger partial charge in [0.2, 0.25) is 0 Å². The second kappa shape index (κ2) is 7.78. The van der Waals surface area contributed by atoms with Crippen LogP contribution in [0.5, 0.6) is 5.75 Å². The Hall–Kier alpha value is -1.10. The highest BCUT2D eigenvalue weighted by Gasteiger charge is 2.18. The highest BCUT2D eigenvalue weighted by atomic mass is 16.5. The van der Waals surface area contributed by atoms with Crippen molar-refractivity contribution in [1.82, 2.24) is 9.80 Å². The number of likely N-dealkylation sites (N-methyl/N-ethyl adjacent to an activating group) is 1. The number of aryl methyl sites for hydroxylation is 1. The Morgan fingerprint density at radius 3 is 2.48 bits per heavy atom. The van der Waals surface area contributed by atoms with Crippen molar-refractivity contribution in [1.29, 1.82) is 0 Å². The van der Waals surface area contributed by atoms with E-state index in [4.69, 9.17) is 4.74 Å². The lowest BCUT2D eigenvalue weighted by atomic mass is 10.1. The van der Waals surface area contributed by atoms with Crippen LogP contribution in [0, 0.1) is 13.8 Å². The van der Waals surface area contributed by atoms with E-state index in [-0.39, 0.29) is 0 Å². The number of ether oxygens (including phenoxy) is 1. The Morgan fingerprint density at radius 1 is 1.14 bits per heavy atom. The van der Waals surface area contributed by atoms with Gasteiger partial charge in [0.1, 0.15) is 18.5 Å². The summed E-state index contributed by atoms with van der Waals surface area (Å²) < 4.78 is 5.78. The first kappa shape index (κ1) is 16.3. The fourth-order valence-electron chi connectivity index (χ4n) is 2.71. The van der Waals surface area contributed by atoms with E-state index in [2.05, 4.69) is 36.6 Å². The predicted molar refractivity (Wildman–Crippen MR) is 86.0 cm³/mol. The molecule has 0 aliphatic carbocycles. The normalized spacial score (nSPS) is 18.7. The van der Waals surface area contributed by atoms with E-state index in [1.54, 1.807) is 0 Å². The van der Waals surface area contributed by atoms with Gasteiger partial charge in [0.25, 0.3) is 0 Å². The number of hydrogen-bond acceptors (Lipinski definition) is 4. The van der Waals surface area contributed by atoms with Crippen LogP contribution in [0.25, 0.3) is 0 Å². The highest BCUT2D eigenvalue weighted by Crippen LogP contribution is 2.20. The van der Waals surface area contributed by atoms with E-state index in [1.165, 1.54) is 5.56 Å². The summed E-state index contributed by atoms with van der Waals surface area (Å²) >= 11 is 0. The summed E-state index contributed by atoms with van der Waals surface area (Å²) in [5.41, 5.74) is 2.37. The first-order valence-electron chi connectivity index (χ1n) is 7.92. The van der Waals surface area contributed by atoms with Crippen LogP contribution in [-0.2, 0) is 0 Å². The second-order valence-electron chi connectivity index (χ2n) is 5.90. The molecule has 1 heterocycles. The van der Waals surface area contributed by atoms with Crippen LogP contribution < -0.4 is 4.74 Å². The molecular formula is C17H28N2O2. The number of aliphatic hydroxyl groups is 1. The van der Waals surface area contributed by atoms with E-state index in [0.29, 0.717) is 13.2 Å². The van der Waals surface area contributed by atoms with Gasteiger partial charge in [0.15, 0.2) is 0 Å². The Bertz CT molecular complexity index is 442. The summed E-state index contributed by atoms with van der Waals surface area (Å²) in [6, 6.07) is 6.04. The largest absolute Gasteiger partial charge is 0.491 e. The molecule has 1 aliphatic rings. The van der Waals surface area contributed by atoms with Crippen LogP contribution in [0.4, 0.5) is 0 Å². The van der Waals surface area contributed by atoms with Crippen molar-refractivity contribution in [2.45, 2.75) is 26.9 Å². The van der Waals surface area contributed by atoms with Crippen LogP contribution in [0.3, 0.4) is 0 Å². The molecule has 1 unspecified atom stereocenters. The maximum absolute atomic E-state index is 10.2. The highest BCUT2D eigenvalue weighted by molar-refractivity contribution is 5.38. The molecule has 1 saturated heterocycles. The molecule has 0 amide bonds. The van der Waals surface area contributed by atoms with Gasteiger partial charge < -0.3 is 14.7 Å². The molecule has 21 heavy (non-hydrogen) atoms. The molecule has 1 aromatic rings. The summed E-state index contributed by atoms with van der Waals surface area (Å²) in [7, 11) is 0. The summed E-state index contributed by atoms with van der Waals surface area (Å²) in [4.78, 5) is 4.76. The molecule has 1 N–H and O–H groups in total. The molecule has 0 aromatic heterocycles. The fraction of sp³-hybridized carbons (Fsp3) is 0.647. The van der Waals surface area contributed by atoms with Crippen molar-refractivity contribution in [2.75, 3.05) is 45.9 Å². The number of hydrogen-bond donors (Lipinski definition) is 1. The van der Waals surface area contributed by atoms with Crippen LogP contribution in [0.15, 0.2) is 18.2 Å². The molecule has 4 heteroatoms. The predicted octanol–water partition coefficient (Wildman–Crippen LogP) is 1.68. The lowest BCUT2D eigenvalue weighted by molar-refractivity contribution is 0.0469. The average molecular weight is 292 g/mol. The molecule has 2 rings (SSSR count). The lowest BCUT2D eigenvalue weighted by Gasteiger charge is -2.34. The van der Waals surface area contributed by atoms with Gasteiger partial charge in [-0.2, -0.15) is 0 Å². The third-order valence-electron chi connectivity index (χ3n) is 4.37. The Kier molecular flexibility index (Phi) is 6.03. The zero-order valence-electron chi connectivity index (χ0n) is 13.5. The van der Waals surface area contributed by atoms with E-state index in [9.17, 15) is 5.11 Å². The van der Waals surface area contributed by atoms with Crippen molar-refractivity contribution in [2.24, 2.45) is 0 Å². The Balaban J connectivity index is 1.75. The zero-order valence-corrected chi connectivity index (χ0v) is 13.5. The van der Waals surface area contributed by atoms with E-state index < -0.39 is 6.10 Å². The smallest absolute Gasteiger partial charge is 0.122 e. The monoisotopic (exact) mass is 292 g/mol. The van der Waals surface area contributed by atoms with Crippen molar-refractivity contribution in [3.63, 3.8) is 0 Å². The van der Waals surface area contributed by atoms with E-state index >= 15 is 0 Å². The van der Waals surface area contributed by atoms with Gasteiger partial charge in [-0.15, -0.1) is 0 Å². The summed E-state index contributed by atoms with van der Waals surface area (Å²) in [6.45, 7) is 12.8. The summed E-state index contributed by atoms with van der Waals surface area (Å²) in [5.74, 6) is 0.879. The standard InChI is InChI=1S/C17H28N2O2/c1-4-18-8-10-19(11-9-18)12-16(20)13-21-17-7-5-6-14(2)15(17)3/h5-7,16,20H,4,8-13H2,1-3H3. The van der Waals surface area contributed by atoms with Crippen molar-refractivity contribution < 1.29 is 9.84 Å². The minimum Gasteiger partial charge on any atom is -0.491 e. The van der Waals surface area contributed by atoms with Gasteiger partial charge >= 0.3 is 0 Å². The first-order valence-corrected chi connectivity index (χ1v) is 7.92. The molecule has 1 aromatic carbocycles. The lowest BCUT2D eigenvalue weighted by Crippen LogP contribution is -2.49. The van der Waals surface area contributed by atoms with Crippen molar-refractivity contribution >= 4 is 0 Å². The molecule has 0 spiro atoms. The molecule has 1 fully saturated rings. The van der Waals surface area contributed by atoms with Gasteiger partial charge in [-0.25, -0.2) is 0 Å². The molecule has 118 valence electrons. The van der Waals surface area contributed by atoms with Crippen LogP contribution in [0.1, 0.15) is 18.1 Å². The molecule has 0 bridgehead atoms. The molecule has 4 nitrogen and oxygen atoms in total. The molecule has 1 aliphatic heterocycles. The number of β-amino-alcohol motifs (C(OH)–C–C–N with tert-alkyl or cyclic N) is 1. The van der Waals surface area contributed by atoms with Crippen LogP contribution in [-0.4, -0.2) is 66.9 Å². The molecule has 0 radical (unpaired) electrons. The number of benzene rings is 1. The summed E-state index contributed by atoms with van der Waals surface area (Å²) in [6.07, 6.45) is -0.432. The Labute approximate surface area is 128 Å². The minimum atomic E-state index is -0.432. The van der Waals surface area contributed by atoms with Crippen LogP contribution in [0.2, 0.25) is 0 Å². The second-order valence-corrected chi connectivity index (χ2v) is 5.90. The fourth-order valence-corrected chi connectivity index (χ4v) is 2.71. The van der Waals surface area contributed by atoms with Gasteiger partial charge in [-0.05, 0) is 37.6 Å². The number of aliphatic hydroxyl groups excluding tert-OH is 1. The maximum Gasteiger partial charge on any atom is 0.122 e.